The summed E-state index contributed by atoms with van der Waals surface area (Å²) in [4.78, 5) is 10.6. The molecule has 5 heteroatoms. The van der Waals surface area contributed by atoms with Crippen LogP contribution in [-0.2, 0) is 6.54 Å². The molecule has 0 saturated heterocycles. The fourth-order valence-electron chi connectivity index (χ4n) is 1.36. The van der Waals surface area contributed by atoms with Crippen LogP contribution in [0.5, 0.6) is 0 Å². The van der Waals surface area contributed by atoms with Crippen molar-refractivity contribution in [3.05, 3.63) is 53.6 Å². The first-order valence-electron chi connectivity index (χ1n) is 4.67. The van der Waals surface area contributed by atoms with Crippen LogP contribution >= 0.6 is 0 Å². The van der Waals surface area contributed by atoms with E-state index in [-0.39, 0.29) is 18.1 Å². The number of aromatic carboxylic acids is 1. The lowest BCUT2D eigenvalue weighted by Gasteiger charge is -2.02. The fraction of sp³-hybridized carbons (Fsp3) is 0.0909. The predicted molar refractivity (Wildman–Crippen MR) is 54.7 cm³/mol. The zero-order valence-electron chi connectivity index (χ0n) is 8.30. The number of halogens is 1. The van der Waals surface area contributed by atoms with Gasteiger partial charge in [-0.05, 0) is 12.1 Å². The van der Waals surface area contributed by atoms with E-state index in [1.807, 2.05) is 0 Å². The van der Waals surface area contributed by atoms with Crippen molar-refractivity contribution in [1.29, 1.82) is 0 Å². The average molecular weight is 220 g/mol. The van der Waals surface area contributed by atoms with Gasteiger partial charge in [0.1, 0.15) is 5.82 Å². The lowest BCUT2D eigenvalue weighted by Crippen LogP contribution is -2.05. The Kier molecular flexibility index (Phi) is 2.68. The molecular weight excluding hydrogens is 211 g/mol. The summed E-state index contributed by atoms with van der Waals surface area (Å²) in [6.07, 6.45) is 1.51. The second-order valence-electron chi connectivity index (χ2n) is 3.30. The lowest BCUT2D eigenvalue weighted by atomic mass is 10.2. The highest BCUT2D eigenvalue weighted by molar-refractivity contribution is 5.85. The topological polar surface area (TPSA) is 55.1 Å². The molecule has 1 aromatic carbocycles. The van der Waals surface area contributed by atoms with E-state index in [0.717, 1.165) is 0 Å². The van der Waals surface area contributed by atoms with E-state index in [0.29, 0.717) is 5.56 Å². The molecule has 0 aliphatic rings. The van der Waals surface area contributed by atoms with Gasteiger partial charge in [0.2, 0.25) is 0 Å². The van der Waals surface area contributed by atoms with Crippen LogP contribution in [0.25, 0.3) is 0 Å². The number of aromatic nitrogens is 2. The largest absolute Gasteiger partial charge is 0.476 e. The molecule has 0 radical (unpaired) electrons. The van der Waals surface area contributed by atoms with Crippen LogP contribution in [0.3, 0.4) is 0 Å². The summed E-state index contributed by atoms with van der Waals surface area (Å²) in [7, 11) is 0. The first kappa shape index (κ1) is 10.4. The molecule has 1 N–H and O–H groups in total. The van der Waals surface area contributed by atoms with Crippen molar-refractivity contribution in [1.82, 2.24) is 9.78 Å². The van der Waals surface area contributed by atoms with Crippen molar-refractivity contribution in [2.45, 2.75) is 6.54 Å². The first-order valence-corrected chi connectivity index (χ1v) is 4.67. The molecule has 0 bridgehead atoms. The molecule has 2 aromatic rings. The first-order chi connectivity index (χ1) is 7.66. The lowest BCUT2D eigenvalue weighted by molar-refractivity contribution is 0.0689. The van der Waals surface area contributed by atoms with Crippen molar-refractivity contribution < 1.29 is 14.3 Å². The Balaban J connectivity index is 2.21. The van der Waals surface area contributed by atoms with Crippen LogP contribution in [-0.4, -0.2) is 20.9 Å². The monoisotopic (exact) mass is 220 g/mol. The molecule has 1 heterocycles. The number of benzene rings is 1. The number of carbonyl (C=O) groups is 1. The zero-order chi connectivity index (χ0) is 11.5. The van der Waals surface area contributed by atoms with Gasteiger partial charge in [0.15, 0.2) is 5.69 Å². The second-order valence-corrected chi connectivity index (χ2v) is 3.30. The van der Waals surface area contributed by atoms with Crippen molar-refractivity contribution in [2.24, 2.45) is 0 Å². The van der Waals surface area contributed by atoms with Gasteiger partial charge in [-0.15, -0.1) is 0 Å². The Bertz CT molecular complexity index is 522. The zero-order valence-corrected chi connectivity index (χ0v) is 8.30. The van der Waals surface area contributed by atoms with Crippen LogP contribution in [0, 0.1) is 5.82 Å². The minimum absolute atomic E-state index is 0.0451. The second kappa shape index (κ2) is 4.14. The molecule has 2 rings (SSSR count). The molecule has 0 saturated carbocycles. The predicted octanol–water partition coefficient (Wildman–Crippen LogP) is 1.77. The maximum absolute atomic E-state index is 13.3. The molecule has 0 fully saturated rings. The summed E-state index contributed by atoms with van der Waals surface area (Å²) in [5.41, 5.74) is 0.430. The van der Waals surface area contributed by atoms with E-state index in [4.69, 9.17) is 5.11 Å². The van der Waals surface area contributed by atoms with E-state index in [2.05, 4.69) is 5.10 Å². The molecule has 0 aliphatic carbocycles. The van der Waals surface area contributed by atoms with Crippen molar-refractivity contribution in [2.75, 3.05) is 0 Å². The highest BCUT2D eigenvalue weighted by Crippen LogP contribution is 2.08. The summed E-state index contributed by atoms with van der Waals surface area (Å²) in [5, 5.41) is 12.5. The van der Waals surface area contributed by atoms with Gasteiger partial charge in [-0.1, -0.05) is 18.2 Å². The van der Waals surface area contributed by atoms with Crippen LogP contribution in [0.1, 0.15) is 16.1 Å². The van der Waals surface area contributed by atoms with E-state index >= 15 is 0 Å². The highest BCUT2D eigenvalue weighted by Gasteiger charge is 2.08. The Morgan fingerprint density at radius 2 is 2.12 bits per heavy atom. The van der Waals surface area contributed by atoms with Gasteiger partial charge in [0.25, 0.3) is 0 Å². The van der Waals surface area contributed by atoms with E-state index in [1.54, 1.807) is 18.2 Å². The van der Waals surface area contributed by atoms with Crippen LogP contribution in [0.4, 0.5) is 4.39 Å². The third-order valence-corrected chi connectivity index (χ3v) is 2.15. The van der Waals surface area contributed by atoms with Crippen LogP contribution < -0.4 is 0 Å². The highest BCUT2D eigenvalue weighted by atomic mass is 19.1. The van der Waals surface area contributed by atoms with Gasteiger partial charge in [-0.25, -0.2) is 9.18 Å². The Hall–Kier alpha value is -2.17. The summed E-state index contributed by atoms with van der Waals surface area (Å²) in [6.45, 7) is 0.222. The third-order valence-electron chi connectivity index (χ3n) is 2.15. The van der Waals surface area contributed by atoms with E-state index in [9.17, 15) is 9.18 Å². The number of nitrogens with zero attached hydrogens (tertiary/aromatic N) is 2. The van der Waals surface area contributed by atoms with E-state index < -0.39 is 5.97 Å². The minimum atomic E-state index is -1.09. The summed E-state index contributed by atoms with van der Waals surface area (Å²) < 4.78 is 14.7. The molecule has 16 heavy (non-hydrogen) atoms. The van der Waals surface area contributed by atoms with Gasteiger partial charge in [-0.2, -0.15) is 5.10 Å². The number of carboxylic acids is 1. The SMILES string of the molecule is O=C(O)c1ccn(Cc2ccccc2F)n1. The molecule has 1 aromatic heterocycles. The summed E-state index contributed by atoms with van der Waals surface area (Å²) in [6, 6.07) is 7.70. The third kappa shape index (κ3) is 2.08. The number of hydrogen-bond donors (Lipinski definition) is 1. The Morgan fingerprint density at radius 3 is 2.75 bits per heavy atom. The maximum atomic E-state index is 13.3. The van der Waals surface area contributed by atoms with Crippen molar-refractivity contribution in [3.63, 3.8) is 0 Å². The van der Waals surface area contributed by atoms with Crippen molar-refractivity contribution >= 4 is 5.97 Å². The van der Waals surface area contributed by atoms with Gasteiger partial charge in [0, 0.05) is 11.8 Å². The molecule has 0 aliphatic heterocycles. The number of hydrogen-bond acceptors (Lipinski definition) is 2. The smallest absolute Gasteiger partial charge is 0.356 e. The van der Waals surface area contributed by atoms with E-state index in [1.165, 1.54) is 23.0 Å². The Morgan fingerprint density at radius 1 is 1.38 bits per heavy atom. The molecule has 0 atom stereocenters. The average Bonchev–Trinajstić information content (AvgIpc) is 2.70. The van der Waals surface area contributed by atoms with Gasteiger partial charge in [-0.3, -0.25) is 4.68 Å². The molecule has 0 amide bonds. The maximum Gasteiger partial charge on any atom is 0.356 e. The Labute approximate surface area is 90.9 Å². The van der Waals surface area contributed by atoms with Crippen LogP contribution in [0.2, 0.25) is 0 Å². The summed E-state index contributed by atoms with van der Waals surface area (Å²) in [5.74, 6) is -1.41. The molecular formula is C11H9FN2O2. The number of carboxylic acid groups (broad SMARTS) is 1. The molecule has 0 unspecified atom stereocenters. The summed E-state index contributed by atoms with van der Waals surface area (Å²) >= 11 is 0. The minimum Gasteiger partial charge on any atom is -0.476 e. The molecule has 0 spiro atoms. The molecule has 4 nitrogen and oxygen atoms in total. The van der Waals surface area contributed by atoms with Crippen LogP contribution in [0.15, 0.2) is 36.5 Å². The standard InChI is InChI=1S/C11H9FN2O2/c12-9-4-2-1-3-8(9)7-14-6-5-10(13-14)11(15)16/h1-6H,7H2,(H,15,16). The molecule has 82 valence electrons. The van der Waals surface area contributed by atoms with Gasteiger partial charge in [0.05, 0.1) is 6.54 Å². The quantitative estimate of drug-likeness (QED) is 0.857. The number of rotatable bonds is 3. The van der Waals surface area contributed by atoms with Crippen molar-refractivity contribution in [3.8, 4) is 0 Å². The normalized spacial score (nSPS) is 10.3. The fourth-order valence-corrected chi connectivity index (χ4v) is 1.36. The van der Waals surface area contributed by atoms with Gasteiger partial charge >= 0.3 is 5.97 Å². The van der Waals surface area contributed by atoms with Gasteiger partial charge < -0.3 is 5.11 Å².